The van der Waals surface area contributed by atoms with Crippen LogP contribution in [0.2, 0.25) is 5.02 Å². The van der Waals surface area contributed by atoms with Crippen LogP contribution in [0.5, 0.6) is 0 Å². The summed E-state index contributed by atoms with van der Waals surface area (Å²) in [6.07, 6.45) is 1.94. The van der Waals surface area contributed by atoms with E-state index in [9.17, 15) is 0 Å². The van der Waals surface area contributed by atoms with E-state index in [-0.39, 0.29) is 0 Å². The number of anilines is 1. The van der Waals surface area contributed by atoms with Crippen LogP contribution in [-0.2, 0) is 13.6 Å². The van der Waals surface area contributed by atoms with Gasteiger partial charge in [0.25, 0.3) is 0 Å². The van der Waals surface area contributed by atoms with Crippen LogP contribution < -0.4 is 5.32 Å². The monoisotopic (exact) mass is 318 g/mol. The van der Waals surface area contributed by atoms with E-state index in [1.54, 1.807) is 16.0 Å². The summed E-state index contributed by atoms with van der Waals surface area (Å²) in [6, 6.07) is 9.82. The molecule has 2 heterocycles. The Hall–Kier alpha value is -1.85. The molecule has 1 N–H and O–H groups in total. The Morgan fingerprint density at radius 3 is 2.90 bits per heavy atom. The van der Waals surface area contributed by atoms with Crippen LogP contribution in [0.15, 0.2) is 36.5 Å². The second kappa shape index (κ2) is 5.87. The highest BCUT2D eigenvalue weighted by Gasteiger charge is 2.11. The van der Waals surface area contributed by atoms with E-state index in [1.807, 2.05) is 50.5 Å². The third kappa shape index (κ3) is 3.25. The van der Waals surface area contributed by atoms with Crippen molar-refractivity contribution in [3.8, 4) is 10.6 Å². The molecule has 0 aliphatic rings. The van der Waals surface area contributed by atoms with Crippen molar-refractivity contribution in [1.29, 1.82) is 0 Å². The Balaban J connectivity index is 1.75. The van der Waals surface area contributed by atoms with Gasteiger partial charge < -0.3 is 5.32 Å². The number of aromatic nitrogens is 3. The molecular formula is C15H15ClN4S. The smallest absolute Gasteiger partial charge is 0.183 e. The van der Waals surface area contributed by atoms with E-state index in [0.717, 1.165) is 32.0 Å². The van der Waals surface area contributed by atoms with Crippen molar-refractivity contribution in [1.82, 2.24) is 14.8 Å². The minimum atomic E-state index is 0.704. The van der Waals surface area contributed by atoms with Gasteiger partial charge in [0, 0.05) is 24.8 Å². The van der Waals surface area contributed by atoms with Gasteiger partial charge in [-0.25, -0.2) is 4.98 Å². The first-order valence-corrected chi connectivity index (χ1v) is 7.77. The molecule has 108 valence electrons. The summed E-state index contributed by atoms with van der Waals surface area (Å²) < 4.78 is 1.80. The van der Waals surface area contributed by atoms with Gasteiger partial charge in [-0.15, -0.1) is 0 Å². The van der Waals surface area contributed by atoms with E-state index < -0.39 is 0 Å². The predicted molar refractivity (Wildman–Crippen MR) is 87.8 cm³/mol. The summed E-state index contributed by atoms with van der Waals surface area (Å²) in [6.45, 7) is 2.71. The van der Waals surface area contributed by atoms with Crippen LogP contribution in [0.25, 0.3) is 10.6 Å². The standard InChI is InChI=1S/C15H15ClN4S/c1-10-14(13-6-7-20(2)19-13)21-15(18-10)17-9-11-4-3-5-12(16)8-11/h3-8H,9H2,1-2H3,(H,17,18). The molecule has 2 aromatic heterocycles. The van der Waals surface area contributed by atoms with Crippen molar-refractivity contribution < 1.29 is 0 Å². The van der Waals surface area contributed by atoms with Gasteiger partial charge in [0.1, 0.15) is 5.69 Å². The third-order valence-electron chi connectivity index (χ3n) is 3.08. The average molecular weight is 319 g/mol. The van der Waals surface area contributed by atoms with Crippen molar-refractivity contribution in [3.05, 3.63) is 52.8 Å². The van der Waals surface area contributed by atoms with Gasteiger partial charge in [0.2, 0.25) is 0 Å². The van der Waals surface area contributed by atoms with Crippen LogP contribution in [0.3, 0.4) is 0 Å². The highest BCUT2D eigenvalue weighted by atomic mass is 35.5. The van der Waals surface area contributed by atoms with Crippen LogP contribution in [-0.4, -0.2) is 14.8 Å². The molecule has 3 aromatic rings. The normalized spacial score (nSPS) is 10.8. The van der Waals surface area contributed by atoms with Crippen LogP contribution in [0.4, 0.5) is 5.13 Å². The lowest BCUT2D eigenvalue weighted by molar-refractivity contribution is 0.771. The summed E-state index contributed by atoms with van der Waals surface area (Å²) in [5, 5.41) is 9.41. The van der Waals surface area contributed by atoms with E-state index in [4.69, 9.17) is 11.6 Å². The molecule has 0 atom stereocenters. The molecule has 0 spiro atoms. The lowest BCUT2D eigenvalue weighted by Crippen LogP contribution is -1.98. The zero-order valence-electron chi connectivity index (χ0n) is 11.8. The molecule has 0 radical (unpaired) electrons. The van der Waals surface area contributed by atoms with Crippen LogP contribution >= 0.6 is 22.9 Å². The first kappa shape index (κ1) is 14.1. The first-order valence-electron chi connectivity index (χ1n) is 6.57. The van der Waals surface area contributed by atoms with Gasteiger partial charge in [-0.2, -0.15) is 5.10 Å². The summed E-state index contributed by atoms with van der Waals surface area (Å²) in [7, 11) is 1.91. The zero-order chi connectivity index (χ0) is 14.8. The maximum Gasteiger partial charge on any atom is 0.183 e. The van der Waals surface area contributed by atoms with Crippen molar-refractivity contribution in [2.75, 3.05) is 5.32 Å². The number of nitrogens with one attached hydrogen (secondary N) is 1. The highest BCUT2D eigenvalue weighted by molar-refractivity contribution is 7.19. The largest absolute Gasteiger partial charge is 0.357 e. The summed E-state index contributed by atoms with van der Waals surface area (Å²) in [5.41, 5.74) is 3.09. The lowest BCUT2D eigenvalue weighted by atomic mass is 10.2. The lowest BCUT2D eigenvalue weighted by Gasteiger charge is -2.02. The highest BCUT2D eigenvalue weighted by Crippen LogP contribution is 2.31. The number of rotatable bonds is 4. The third-order valence-corrected chi connectivity index (χ3v) is 4.45. The first-order chi connectivity index (χ1) is 10.1. The minimum Gasteiger partial charge on any atom is -0.357 e. The molecule has 0 aliphatic heterocycles. The van der Waals surface area contributed by atoms with Crippen molar-refractivity contribution in [2.45, 2.75) is 13.5 Å². The number of nitrogens with zero attached hydrogens (tertiary/aromatic N) is 3. The van der Waals surface area contributed by atoms with Gasteiger partial charge in [-0.1, -0.05) is 35.1 Å². The number of hydrogen-bond acceptors (Lipinski definition) is 4. The van der Waals surface area contributed by atoms with Crippen molar-refractivity contribution in [2.24, 2.45) is 7.05 Å². The van der Waals surface area contributed by atoms with E-state index in [1.165, 1.54) is 0 Å². The molecule has 0 amide bonds. The van der Waals surface area contributed by atoms with Gasteiger partial charge in [0.15, 0.2) is 5.13 Å². The molecular weight excluding hydrogens is 304 g/mol. The molecule has 0 bridgehead atoms. The molecule has 0 saturated carbocycles. The summed E-state index contributed by atoms with van der Waals surface area (Å²) >= 11 is 7.61. The molecule has 3 rings (SSSR count). The number of aryl methyl sites for hydroxylation is 2. The second-order valence-electron chi connectivity index (χ2n) is 4.79. The Bertz CT molecular complexity index is 763. The van der Waals surface area contributed by atoms with Gasteiger partial charge in [0.05, 0.1) is 10.6 Å². The quantitative estimate of drug-likeness (QED) is 0.787. The van der Waals surface area contributed by atoms with E-state index in [2.05, 4.69) is 15.4 Å². The van der Waals surface area contributed by atoms with Crippen LogP contribution in [0, 0.1) is 6.92 Å². The molecule has 0 saturated heterocycles. The SMILES string of the molecule is Cc1nc(NCc2cccc(Cl)c2)sc1-c1ccn(C)n1. The molecule has 1 aromatic carbocycles. The summed E-state index contributed by atoms with van der Waals surface area (Å²) in [4.78, 5) is 5.66. The average Bonchev–Trinajstić information content (AvgIpc) is 3.02. The van der Waals surface area contributed by atoms with Crippen molar-refractivity contribution >= 4 is 28.1 Å². The molecule has 4 nitrogen and oxygen atoms in total. The Morgan fingerprint density at radius 1 is 1.33 bits per heavy atom. The van der Waals surface area contributed by atoms with Gasteiger partial charge in [-0.3, -0.25) is 4.68 Å². The Labute approximate surface area is 132 Å². The van der Waals surface area contributed by atoms with E-state index in [0.29, 0.717) is 6.54 Å². The van der Waals surface area contributed by atoms with Crippen LogP contribution in [0.1, 0.15) is 11.3 Å². The zero-order valence-corrected chi connectivity index (χ0v) is 13.4. The minimum absolute atomic E-state index is 0.704. The fraction of sp³-hybridized carbons (Fsp3) is 0.200. The number of benzene rings is 1. The van der Waals surface area contributed by atoms with Gasteiger partial charge in [-0.05, 0) is 30.7 Å². The predicted octanol–water partition coefficient (Wildman–Crippen LogP) is 4.12. The number of thiazole rings is 1. The number of hydrogen-bond donors (Lipinski definition) is 1. The fourth-order valence-corrected chi connectivity index (χ4v) is 3.21. The Morgan fingerprint density at radius 2 is 2.19 bits per heavy atom. The van der Waals surface area contributed by atoms with E-state index >= 15 is 0 Å². The molecule has 0 unspecified atom stereocenters. The fourth-order valence-electron chi connectivity index (χ4n) is 2.07. The molecule has 0 fully saturated rings. The second-order valence-corrected chi connectivity index (χ2v) is 6.23. The maximum absolute atomic E-state index is 5.99. The molecule has 0 aliphatic carbocycles. The Kier molecular flexibility index (Phi) is 3.94. The number of halogens is 1. The van der Waals surface area contributed by atoms with Gasteiger partial charge >= 0.3 is 0 Å². The maximum atomic E-state index is 5.99. The van der Waals surface area contributed by atoms with Crippen molar-refractivity contribution in [3.63, 3.8) is 0 Å². The molecule has 6 heteroatoms. The topological polar surface area (TPSA) is 42.7 Å². The summed E-state index contributed by atoms with van der Waals surface area (Å²) in [5.74, 6) is 0. The molecule has 21 heavy (non-hydrogen) atoms.